The summed E-state index contributed by atoms with van der Waals surface area (Å²) in [7, 11) is 0. The van der Waals surface area contributed by atoms with Crippen LogP contribution in [0.5, 0.6) is 0 Å². The Labute approximate surface area is 183 Å². The predicted octanol–water partition coefficient (Wildman–Crippen LogP) is 5.77. The van der Waals surface area contributed by atoms with E-state index >= 15 is 0 Å². The molecule has 3 saturated carbocycles. The zero-order valence-electron chi connectivity index (χ0n) is 19.5. The molecule has 6 atom stereocenters. The van der Waals surface area contributed by atoms with E-state index in [4.69, 9.17) is 0 Å². The van der Waals surface area contributed by atoms with Gasteiger partial charge in [0.05, 0.1) is 12.2 Å². The molecule has 0 aliphatic heterocycles. The van der Waals surface area contributed by atoms with Crippen LogP contribution in [0.2, 0.25) is 0 Å². The standard InChI is InChI=1S/C27H42O3/c1-17(2)25(29)13-8-18(3)23-11-12-24-20(7-6-14-27(23,24)5)9-10-21-15-22(28)16-26(30)19(21)4/h9-10,17-18,22-24,26,28,30H,4,6-8,11-16H2,1-3,5H3/b20-9+,21-10-/t18-,22-,23-,24+,26?,27-/m1/s1. The quantitative estimate of drug-likeness (QED) is 0.580. The van der Waals surface area contributed by atoms with E-state index < -0.39 is 12.2 Å². The van der Waals surface area contributed by atoms with Gasteiger partial charge in [0.25, 0.3) is 0 Å². The highest BCUT2D eigenvalue weighted by atomic mass is 16.3. The first-order valence-electron chi connectivity index (χ1n) is 12.1. The number of rotatable bonds is 6. The second kappa shape index (κ2) is 9.53. The van der Waals surface area contributed by atoms with Gasteiger partial charge in [-0.25, -0.2) is 0 Å². The summed E-state index contributed by atoms with van der Waals surface area (Å²) in [6, 6.07) is 0. The van der Waals surface area contributed by atoms with Gasteiger partial charge in [0.15, 0.2) is 0 Å². The first kappa shape index (κ1) is 23.5. The number of hydrogen-bond acceptors (Lipinski definition) is 3. The smallest absolute Gasteiger partial charge is 0.135 e. The van der Waals surface area contributed by atoms with Gasteiger partial charge in [-0.15, -0.1) is 0 Å². The Morgan fingerprint density at radius 1 is 1.23 bits per heavy atom. The lowest BCUT2D eigenvalue weighted by Gasteiger charge is -2.44. The average Bonchev–Trinajstić information content (AvgIpc) is 3.04. The molecule has 2 N–H and O–H groups in total. The highest BCUT2D eigenvalue weighted by molar-refractivity contribution is 5.80. The molecule has 0 heterocycles. The number of hydrogen-bond donors (Lipinski definition) is 2. The molecule has 1 unspecified atom stereocenters. The monoisotopic (exact) mass is 414 g/mol. The number of Topliss-reactive ketones (excluding diaryl/α,β-unsaturated/α-hetero) is 1. The van der Waals surface area contributed by atoms with Gasteiger partial charge >= 0.3 is 0 Å². The third-order valence-electron chi connectivity index (χ3n) is 8.48. The molecule has 0 aromatic rings. The molecule has 3 rings (SSSR count). The van der Waals surface area contributed by atoms with Crippen molar-refractivity contribution in [2.45, 2.75) is 97.7 Å². The number of allylic oxidation sites excluding steroid dienone is 3. The Morgan fingerprint density at radius 2 is 1.97 bits per heavy atom. The van der Waals surface area contributed by atoms with Crippen LogP contribution in [0.1, 0.15) is 85.5 Å². The minimum absolute atomic E-state index is 0.146. The molecule has 168 valence electrons. The lowest BCUT2D eigenvalue weighted by atomic mass is 9.60. The van der Waals surface area contributed by atoms with E-state index in [0.29, 0.717) is 41.8 Å². The van der Waals surface area contributed by atoms with Crippen molar-refractivity contribution in [2.75, 3.05) is 0 Å². The van der Waals surface area contributed by atoms with Crippen molar-refractivity contribution >= 4 is 5.78 Å². The van der Waals surface area contributed by atoms with E-state index in [0.717, 1.165) is 30.4 Å². The second-order valence-corrected chi connectivity index (χ2v) is 10.8. The molecule has 3 aliphatic carbocycles. The molecule has 3 fully saturated rings. The summed E-state index contributed by atoms with van der Waals surface area (Å²) >= 11 is 0. The normalized spacial score (nSPS) is 38.3. The molecular weight excluding hydrogens is 372 g/mol. The number of carbonyl (C=O) groups excluding carboxylic acids is 1. The van der Waals surface area contributed by atoms with Gasteiger partial charge in [-0.3, -0.25) is 4.79 Å². The van der Waals surface area contributed by atoms with Crippen molar-refractivity contribution in [1.82, 2.24) is 0 Å². The molecule has 0 saturated heterocycles. The Hall–Kier alpha value is -1.19. The Morgan fingerprint density at radius 3 is 2.67 bits per heavy atom. The van der Waals surface area contributed by atoms with Crippen molar-refractivity contribution < 1.29 is 15.0 Å². The number of fused-ring (bicyclic) bond motifs is 1. The van der Waals surface area contributed by atoms with Crippen LogP contribution in [-0.2, 0) is 4.79 Å². The third-order valence-corrected chi connectivity index (χ3v) is 8.48. The van der Waals surface area contributed by atoms with Crippen LogP contribution >= 0.6 is 0 Å². The zero-order valence-corrected chi connectivity index (χ0v) is 19.5. The van der Waals surface area contributed by atoms with E-state index in [1.807, 2.05) is 13.8 Å². The molecule has 0 bridgehead atoms. The molecule has 0 amide bonds. The van der Waals surface area contributed by atoms with Crippen LogP contribution in [0.15, 0.2) is 35.5 Å². The fraction of sp³-hybridized carbons (Fsp3) is 0.741. The van der Waals surface area contributed by atoms with Gasteiger partial charge in [0.1, 0.15) is 5.78 Å². The predicted molar refractivity (Wildman–Crippen MR) is 123 cm³/mol. The maximum atomic E-state index is 12.1. The summed E-state index contributed by atoms with van der Waals surface area (Å²) in [4.78, 5) is 12.1. The summed E-state index contributed by atoms with van der Waals surface area (Å²) in [5.41, 5.74) is 3.62. The lowest BCUT2D eigenvalue weighted by Crippen LogP contribution is -2.36. The first-order chi connectivity index (χ1) is 14.1. The van der Waals surface area contributed by atoms with Gasteiger partial charge in [-0.1, -0.05) is 52.0 Å². The third kappa shape index (κ3) is 4.83. The van der Waals surface area contributed by atoms with Crippen molar-refractivity contribution in [3.8, 4) is 0 Å². The van der Waals surface area contributed by atoms with Crippen LogP contribution in [0, 0.1) is 29.1 Å². The fourth-order valence-corrected chi connectivity index (χ4v) is 6.54. The van der Waals surface area contributed by atoms with E-state index in [-0.39, 0.29) is 5.92 Å². The van der Waals surface area contributed by atoms with Crippen molar-refractivity contribution in [3.63, 3.8) is 0 Å². The van der Waals surface area contributed by atoms with E-state index in [9.17, 15) is 15.0 Å². The summed E-state index contributed by atoms with van der Waals surface area (Å²) in [5.74, 6) is 2.43. The van der Waals surface area contributed by atoms with E-state index in [1.165, 1.54) is 31.3 Å². The first-order valence-corrected chi connectivity index (χ1v) is 12.1. The lowest BCUT2D eigenvalue weighted by molar-refractivity contribution is -0.122. The highest BCUT2D eigenvalue weighted by Crippen LogP contribution is 2.59. The summed E-state index contributed by atoms with van der Waals surface area (Å²) < 4.78 is 0. The Kier molecular flexibility index (Phi) is 7.45. The van der Waals surface area contributed by atoms with Crippen LogP contribution in [0.25, 0.3) is 0 Å². The van der Waals surface area contributed by atoms with Crippen LogP contribution in [0.4, 0.5) is 0 Å². The Balaban J connectivity index is 1.72. The molecular formula is C27H42O3. The van der Waals surface area contributed by atoms with Crippen molar-refractivity contribution in [1.29, 1.82) is 0 Å². The van der Waals surface area contributed by atoms with Gasteiger partial charge in [0.2, 0.25) is 0 Å². The molecule has 3 aliphatic rings. The number of aliphatic hydroxyl groups excluding tert-OH is 2. The van der Waals surface area contributed by atoms with Crippen LogP contribution < -0.4 is 0 Å². The molecule has 3 nitrogen and oxygen atoms in total. The van der Waals surface area contributed by atoms with Gasteiger partial charge in [0, 0.05) is 18.8 Å². The van der Waals surface area contributed by atoms with Crippen LogP contribution in [-0.4, -0.2) is 28.2 Å². The average molecular weight is 415 g/mol. The summed E-state index contributed by atoms with van der Waals surface area (Å²) in [6.45, 7) is 12.9. The van der Waals surface area contributed by atoms with Gasteiger partial charge < -0.3 is 10.2 Å². The molecule has 0 aromatic heterocycles. The molecule has 0 aromatic carbocycles. The number of aliphatic hydroxyl groups is 2. The minimum Gasteiger partial charge on any atom is -0.393 e. The van der Waals surface area contributed by atoms with E-state index in [1.54, 1.807) is 0 Å². The Bertz CT molecular complexity index is 716. The highest BCUT2D eigenvalue weighted by Gasteiger charge is 2.50. The number of ketones is 1. The molecule has 0 radical (unpaired) electrons. The van der Waals surface area contributed by atoms with Crippen molar-refractivity contribution in [3.05, 3.63) is 35.5 Å². The maximum absolute atomic E-state index is 12.1. The molecule has 30 heavy (non-hydrogen) atoms. The fourth-order valence-electron chi connectivity index (χ4n) is 6.54. The molecule has 3 heteroatoms. The van der Waals surface area contributed by atoms with Crippen molar-refractivity contribution in [2.24, 2.45) is 29.1 Å². The summed E-state index contributed by atoms with van der Waals surface area (Å²) in [6.07, 6.45) is 12.2. The largest absolute Gasteiger partial charge is 0.393 e. The van der Waals surface area contributed by atoms with Crippen LogP contribution in [0.3, 0.4) is 0 Å². The zero-order chi connectivity index (χ0) is 22.1. The van der Waals surface area contributed by atoms with Gasteiger partial charge in [-0.2, -0.15) is 0 Å². The van der Waals surface area contributed by atoms with Gasteiger partial charge in [-0.05, 0) is 79.3 Å². The maximum Gasteiger partial charge on any atom is 0.135 e. The van der Waals surface area contributed by atoms with E-state index in [2.05, 4.69) is 32.6 Å². The second-order valence-electron chi connectivity index (χ2n) is 10.8. The minimum atomic E-state index is -0.625. The number of carbonyl (C=O) groups is 1. The summed E-state index contributed by atoms with van der Waals surface area (Å²) in [5, 5.41) is 20.2. The SMILES string of the molecule is C=C1/C(=C\C=C2/CCC[C@]3(C)[C@@H]([C@H](C)CCC(=O)C(C)C)CC[C@@H]23)C[C@@H](O)CC1O. The topological polar surface area (TPSA) is 57.5 Å². The molecule has 0 spiro atoms.